The summed E-state index contributed by atoms with van der Waals surface area (Å²) in [6.07, 6.45) is 2.84. The number of hydrogen-bond donors (Lipinski definition) is 1. The second-order valence-corrected chi connectivity index (χ2v) is 5.51. The minimum Gasteiger partial charge on any atom is -0.381 e. The van der Waals surface area contributed by atoms with Gasteiger partial charge in [-0.05, 0) is 38.0 Å². The van der Waals surface area contributed by atoms with Crippen LogP contribution in [-0.2, 0) is 16.0 Å². The Hall–Kier alpha value is -2.20. The molecule has 0 unspecified atom stereocenters. The topological polar surface area (TPSA) is 51.2 Å². The van der Waals surface area contributed by atoms with Crippen molar-refractivity contribution in [3.63, 3.8) is 0 Å². The van der Waals surface area contributed by atoms with Crippen molar-refractivity contribution in [2.24, 2.45) is 0 Å². The number of aryl methyl sites for hydroxylation is 1. The highest BCUT2D eigenvalue weighted by Gasteiger charge is 2.16. The van der Waals surface area contributed by atoms with Crippen LogP contribution in [0.2, 0.25) is 0 Å². The zero-order chi connectivity index (χ0) is 16.5. The Morgan fingerprint density at radius 1 is 1.22 bits per heavy atom. The summed E-state index contributed by atoms with van der Waals surface area (Å²) < 4.78 is 5.25. The Bertz CT molecular complexity index is 597. The number of carbonyl (C=O) groups excluding carboxylic acids is 1. The molecule has 0 saturated carbocycles. The number of pyridine rings is 1. The zero-order valence-corrected chi connectivity index (χ0v) is 13.8. The second kappa shape index (κ2) is 9.06. The molecule has 0 aliphatic heterocycles. The molecule has 0 aliphatic carbocycles. The minimum atomic E-state index is -0.131. The maximum Gasteiger partial charge on any atom is 0.222 e. The van der Waals surface area contributed by atoms with E-state index in [0.29, 0.717) is 19.6 Å². The summed E-state index contributed by atoms with van der Waals surface area (Å²) in [6.45, 7) is 5.06. The van der Waals surface area contributed by atoms with Crippen molar-refractivity contribution in [2.75, 3.05) is 13.2 Å². The molecule has 1 aromatic heterocycles. The van der Waals surface area contributed by atoms with Crippen molar-refractivity contribution >= 4 is 5.91 Å². The van der Waals surface area contributed by atoms with E-state index >= 15 is 0 Å². The number of nitrogens with zero attached hydrogens (tertiary/aromatic N) is 1. The van der Waals surface area contributed by atoms with Crippen molar-refractivity contribution in [3.05, 3.63) is 65.5 Å². The fourth-order valence-corrected chi connectivity index (χ4v) is 2.35. The minimum absolute atomic E-state index is 0.0128. The number of rotatable bonds is 8. The van der Waals surface area contributed by atoms with E-state index in [0.717, 1.165) is 12.1 Å². The monoisotopic (exact) mass is 312 g/mol. The van der Waals surface area contributed by atoms with Crippen molar-refractivity contribution in [1.82, 2.24) is 10.3 Å². The molecule has 122 valence electrons. The number of ether oxygens (including phenoxy) is 1. The largest absolute Gasteiger partial charge is 0.381 e. The van der Waals surface area contributed by atoms with E-state index in [-0.39, 0.29) is 11.9 Å². The molecule has 1 N–H and O–H groups in total. The fraction of sp³-hybridized carbons (Fsp3) is 0.368. The predicted octanol–water partition coefficient (Wildman–Crippen LogP) is 3.22. The van der Waals surface area contributed by atoms with E-state index in [1.54, 1.807) is 6.20 Å². The molecule has 0 fully saturated rings. The van der Waals surface area contributed by atoms with Gasteiger partial charge in [-0.25, -0.2) is 0 Å². The average molecular weight is 312 g/mol. The molecular weight excluding hydrogens is 288 g/mol. The van der Waals surface area contributed by atoms with E-state index in [2.05, 4.69) is 41.5 Å². The van der Waals surface area contributed by atoms with Gasteiger partial charge >= 0.3 is 0 Å². The highest BCUT2D eigenvalue weighted by Crippen LogP contribution is 2.17. The third-order valence-electron chi connectivity index (χ3n) is 3.62. The van der Waals surface area contributed by atoms with Gasteiger partial charge in [-0.15, -0.1) is 0 Å². The van der Waals surface area contributed by atoms with Crippen molar-refractivity contribution in [3.8, 4) is 0 Å². The van der Waals surface area contributed by atoms with E-state index in [9.17, 15) is 4.79 Å². The Morgan fingerprint density at radius 2 is 2.00 bits per heavy atom. The first-order valence-corrected chi connectivity index (χ1v) is 8.02. The smallest absolute Gasteiger partial charge is 0.222 e. The van der Waals surface area contributed by atoms with Crippen LogP contribution in [0, 0.1) is 6.92 Å². The Kier molecular flexibility index (Phi) is 6.76. The van der Waals surface area contributed by atoms with Crippen molar-refractivity contribution in [2.45, 2.75) is 32.7 Å². The van der Waals surface area contributed by atoms with Gasteiger partial charge in [0.25, 0.3) is 0 Å². The van der Waals surface area contributed by atoms with Crippen LogP contribution in [0.15, 0.2) is 48.7 Å². The predicted molar refractivity (Wildman–Crippen MR) is 91.1 cm³/mol. The van der Waals surface area contributed by atoms with Crippen LogP contribution < -0.4 is 5.32 Å². The van der Waals surface area contributed by atoms with Gasteiger partial charge in [0, 0.05) is 19.2 Å². The first-order valence-electron chi connectivity index (χ1n) is 8.02. The lowest BCUT2D eigenvalue weighted by Crippen LogP contribution is -2.31. The number of amides is 1. The number of hydrogen-bond acceptors (Lipinski definition) is 3. The summed E-state index contributed by atoms with van der Waals surface area (Å²) in [5, 5.41) is 3.07. The highest BCUT2D eigenvalue weighted by atomic mass is 16.5. The van der Waals surface area contributed by atoms with Crippen molar-refractivity contribution < 1.29 is 9.53 Å². The summed E-state index contributed by atoms with van der Waals surface area (Å²) >= 11 is 0. The molecule has 0 radical (unpaired) electrons. The van der Waals surface area contributed by atoms with Gasteiger partial charge in [0.2, 0.25) is 5.91 Å². The van der Waals surface area contributed by atoms with Gasteiger partial charge in [0.15, 0.2) is 0 Å². The van der Waals surface area contributed by atoms with Gasteiger partial charge in [0.05, 0.1) is 18.3 Å². The van der Waals surface area contributed by atoms with E-state index in [4.69, 9.17) is 4.74 Å². The first kappa shape index (κ1) is 17.2. The molecule has 0 spiro atoms. The van der Waals surface area contributed by atoms with Crippen LogP contribution in [0.5, 0.6) is 0 Å². The van der Waals surface area contributed by atoms with Gasteiger partial charge in [-0.3, -0.25) is 9.78 Å². The van der Waals surface area contributed by atoms with Gasteiger partial charge in [0.1, 0.15) is 0 Å². The molecule has 0 saturated heterocycles. The lowest BCUT2D eigenvalue weighted by molar-refractivity contribution is -0.122. The number of carbonyl (C=O) groups is 1. The third-order valence-corrected chi connectivity index (χ3v) is 3.62. The Morgan fingerprint density at radius 3 is 2.65 bits per heavy atom. The quantitative estimate of drug-likeness (QED) is 0.762. The molecule has 0 bridgehead atoms. The summed E-state index contributed by atoms with van der Waals surface area (Å²) in [4.78, 5) is 16.5. The van der Waals surface area contributed by atoms with E-state index in [1.165, 1.54) is 11.1 Å². The normalized spacial score (nSPS) is 11.9. The van der Waals surface area contributed by atoms with Gasteiger partial charge in [-0.2, -0.15) is 0 Å². The van der Waals surface area contributed by atoms with E-state index in [1.807, 2.05) is 25.1 Å². The molecule has 4 heteroatoms. The van der Waals surface area contributed by atoms with Crippen LogP contribution in [0.3, 0.4) is 0 Å². The Balaban J connectivity index is 2.06. The molecule has 4 nitrogen and oxygen atoms in total. The first-order chi connectivity index (χ1) is 11.2. The van der Waals surface area contributed by atoms with E-state index < -0.39 is 0 Å². The molecule has 1 atom stereocenters. The van der Waals surface area contributed by atoms with Crippen LogP contribution in [0.1, 0.15) is 36.2 Å². The van der Waals surface area contributed by atoms with Crippen LogP contribution in [0.25, 0.3) is 0 Å². The maximum absolute atomic E-state index is 12.1. The molecule has 23 heavy (non-hydrogen) atoms. The van der Waals surface area contributed by atoms with Gasteiger partial charge < -0.3 is 10.1 Å². The zero-order valence-electron chi connectivity index (χ0n) is 13.8. The maximum atomic E-state index is 12.1. The fourth-order valence-electron chi connectivity index (χ4n) is 2.35. The molecule has 1 amide bonds. The summed E-state index contributed by atoms with van der Waals surface area (Å²) in [5.74, 6) is -0.0128. The summed E-state index contributed by atoms with van der Waals surface area (Å²) in [6, 6.07) is 14.0. The lowest BCUT2D eigenvalue weighted by Gasteiger charge is -2.18. The van der Waals surface area contributed by atoms with Crippen LogP contribution in [-0.4, -0.2) is 24.1 Å². The van der Waals surface area contributed by atoms with Crippen molar-refractivity contribution in [1.29, 1.82) is 0 Å². The molecule has 2 aromatic rings. The molecule has 2 rings (SSSR count). The summed E-state index contributed by atoms with van der Waals surface area (Å²) in [7, 11) is 0. The number of nitrogens with one attached hydrogen (secondary N) is 1. The summed E-state index contributed by atoms with van der Waals surface area (Å²) in [5.41, 5.74) is 3.28. The molecule has 1 aromatic carbocycles. The molecule has 0 aliphatic rings. The second-order valence-electron chi connectivity index (χ2n) is 5.51. The molecule has 1 heterocycles. The standard InChI is InChI=1S/C19H24N2O2/c1-3-23-13-11-19(22)21-18(17-6-4-5-12-20-17)14-16-9-7-15(2)8-10-16/h4-10,12,18H,3,11,13-14H2,1-2H3,(H,21,22)/t18-/m0/s1. The average Bonchev–Trinajstić information content (AvgIpc) is 2.57. The van der Waals surface area contributed by atoms with Crippen LogP contribution in [0.4, 0.5) is 0 Å². The molecular formula is C19H24N2O2. The van der Waals surface area contributed by atoms with Gasteiger partial charge in [-0.1, -0.05) is 35.9 Å². The SMILES string of the molecule is CCOCCC(=O)N[C@@H](Cc1ccc(C)cc1)c1ccccn1. The lowest BCUT2D eigenvalue weighted by atomic mass is 10.0. The number of benzene rings is 1. The number of aromatic nitrogens is 1. The Labute approximate surface area is 137 Å². The highest BCUT2D eigenvalue weighted by molar-refractivity contribution is 5.76. The van der Waals surface area contributed by atoms with Crippen LogP contribution >= 0.6 is 0 Å². The third kappa shape index (κ3) is 5.83.